The van der Waals surface area contributed by atoms with Crippen LogP contribution in [0.3, 0.4) is 0 Å². The van der Waals surface area contributed by atoms with E-state index in [1.54, 1.807) is 24.3 Å². The van der Waals surface area contributed by atoms with Crippen LogP contribution in [0, 0.1) is 5.82 Å². The molecule has 6 heteroatoms. The van der Waals surface area contributed by atoms with Crippen molar-refractivity contribution in [1.29, 1.82) is 0 Å². The molecule has 1 unspecified atom stereocenters. The van der Waals surface area contributed by atoms with Gasteiger partial charge in [-0.3, -0.25) is 0 Å². The van der Waals surface area contributed by atoms with Crippen LogP contribution in [0.15, 0.2) is 36.5 Å². The lowest BCUT2D eigenvalue weighted by Gasteiger charge is -2.16. The smallest absolute Gasteiger partial charge is 0.159 e. The molecule has 0 spiro atoms. The molecule has 1 aromatic heterocycles. The standard InChI is InChI=1S/C13H13FN4S/c1-8(9-4-2-3-5-11(9)14)17-13-10(12(15)19)6-7-16-18-13/h2-8H,1H3,(H2,15,19)(H,17,18). The van der Waals surface area contributed by atoms with E-state index in [1.165, 1.54) is 12.3 Å². The number of thiocarbonyl (C=S) groups is 1. The van der Waals surface area contributed by atoms with Crippen molar-refractivity contribution in [3.8, 4) is 0 Å². The average Bonchev–Trinajstić information content (AvgIpc) is 2.39. The fraction of sp³-hybridized carbons (Fsp3) is 0.154. The molecule has 4 nitrogen and oxygen atoms in total. The van der Waals surface area contributed by atoms with E-state index in [9.17, 15) is 4.39 Å². The lowest BCUT2D eigenvalue weighted by atomic mass is 10.1. The predicted molar refractivity (Wildman–Crippen MR) is 76.4 cm³/mol. The summed E-state index contributed by atoms with van der Waals surface area (Å²) in [6.07, 6.45) is 1.51. The molecule has 1 atom stereocenters. The maximum absolute atomic E-state index is 13.7. The Labute approximate surface area is 115 Å². The molecule has 0 saturated carbocycles. The lowest BCUT2D eigenvalue weighted by molar-refractivity contribution is 0.600. The van der Waals surface area contributed by atoms with Crippen LogP contribution in [0.4, 0.5) is 10.2 Å². The maximum Gasteiger partial charge on any atom is 0.159 e. The number of nitrogens with one attached hydrogen (secondary N) is 1. The van der Waals surface area contributed by atoms with Crippen LogP contribution in [0.25, 0.3) is 0 Å². The van der Waals surface area contributed by atoms with Crippen LogP contribution in [0.1, 0.15) is 24.1 Å². The number of anilines is 1. The second kappa shape index (κ2) is 5.71. The Morgan fingerprint density at radius 2 is 2.11 bits per heavy atom. The molecule has 0 aliphatic rings. The molecule has 1 aromatic carbocycles. The van der Waals surface area contributed by atoms with Crippen molar-refractivity contribution in [2.45, 2.75) is 13.0 Å². The minimum Gasteiger partial charge on any atom is -0.389 e. The first-order valence-corrected chi connectivity index (χ1v) is 6.13. The molecule has 0 amide bonds. The van der Waals surface area contributed by atoms with Crippen LogP contribution in [0.2, 0.25) is 0 Å². The number of hydrogen-bond donors (Lipinski definition) is 2. The highest BCUT2D eigenvalue weighted by Gasteiger charge is 2.13. The first kappa shape index (κ1) is 13.4. The lowest BCUT2D eigenvalue weighted by Crippen LogP contribution is -2.17. The number of hydrogen-bond acceptors (Lipinski definition) is 4. The van der Waals surface area contributed by atoms with E-state index in [0.29, 0.717) is 16.9 Å². The van der Waals surface area contributed by atoms with E-state index in [-0.39, 0.29) is 16.8 Å². The van der Waals surface area contributed by atoms with Gasteiger partial charge >= 0.3 is 0 Å². The maximum atomic E-state index is 13.7. The molecular formula is C13H13FN4S. The summed E-state index contributed by atoms with van der Waals surface area (Å²) in [7, 11) is 0. The van der Waals surface area contributed by atoms with Crippen LogP contribution in [0.5, 0.6) is 0 Å². The fourth-order valence-corrected chi connectivity index (χ4v) is 1.91. The quantitative estimate of drug-likeness (QED) is 0.840. The van der Waals surface area contributed by atoms with Gasteiger partial charge in [-0.25, -0.2) is 4.39 Å². The Morgan fingerprint density at radius 1 is 1.37 bits per heavy atom. The van der Waals surface area contributed by atoms with E-state index in [2.05, 4.69) is 15.5 Å². The summed E-state index contributed by atoms with van der Waals surface area (Å²) in [5, 5.41) is 10.8. The Morgan fingerprint density at radius 3 is 2.79 bits per heavy atom. The van der Waals surface area contributed by atoms with Gasteiger partial charge in [0.05, 0.1) is 17.8 Å². The first-order chi connectivity index (χ1) is 9.09. The first-order valence-electron chi connectivity index (χ1n) is 5.72. The van der Waals surface area contributed by atoms with Crippen molar-refractivity contribution >= 4 is 23.0 Å². The van der Waals surface area contributed by atoms with Gasteiger partial charge in [0.2, 0.25) is 0 Å². The second-order valence-corrected chi connectivity index (χ2v) is 4.49. The average molecular weight is 276 g/mol. The Hall–Kier alpha value is -2.08. The van der Waals surface area contributed by atoms with Crippen molar-refractivity contribution in [2.75, 3.05) is 5.32 Å². The number of benzene rings is 1. The van der Waals surface area contributed by atoms with E-state index in [1.807, 2.05) is 6.92 Å². The van der Waals surface area contributed by atoms with Crippen molar-refractivity contribution < 1.29 is 4.39 Å². The van der Waals surface area contributed by atoms with E-state index >= 15 is 0 Å². The molecule has 0 aliphatic heterocycles. The molecule has 98 valence electrons. The Balaban J connectivity index is 2.27. The summed E-state index contributed by atoms with van der Waals surface area (Å²) in [5.74, 6) is 0.175. The molecule has 0 bridgehead atoms. The Kier molecular flexibility index (Phi) is 4.01. The van der Waals surface area contributed by atoms with Crippen molar-refractivity contribution in [3.63, 3.8) is 0 Å². The van der Waals surface area contributed by atoms with Gasteiger partial charge in [0.15, 0.2) is 5.82 Å². The number of nitrogens with two attached hydrogens (primary N) is 1. The normalized spacial score (nSPS) is 11.9. The summed E-state index contributed by atoms with van der Waals surface area (Å²) in [6, 6.07) is 7.95. The zero-order valence-electron chi connectivity index (χ0n) is 10.3. The van der Waals surface area contributed by atoms with E-state index < -0.39 is 0 Å². The summed E-state index contributed by atoms with van der Waals surface area (Å²) < 4.78 is 13.7. The third-order valence-electron chi connectivity index (χ3n) is 2.71. The molecule has 2 aromatic rings. The third kappa shape index (κ3) is 3.03. The van der Waals surface area contributed by atoms with Crippen molar-refractivity contribution in [2.24, 2.45) is 5.73 Å². The highest BCUT2D eigenvalue weighted by molar-refractivity contribution is 7.80. The Bertz CT molecular complexity index is 603. The van der Waals surface area contributed by atoms with Gasteiger partial charge in [-0.2, -0.15) is 5.10 Å². The highest BCUT2D eigenvalue weighted by Crippen LogP contribution is 2.21. The van der Waals surface area contributed by atoms with Crippen LogP contribution in [-0.4, -0.2) is 15.2 Å². The molecule has 0 saturated heterocycles. The number of aromatic nitrogens is 2. The molecule has 0 fully saturated rings. The number of nitrogens with zero attached hydrogens (tertiary/aromatic N) is 2. The van der Waals surface area contributed by atoms with Gasteiger partial charge < -0.3 is 11.1 Å². The zero-order chi connectivity index (χ0) is 13.8. The third-order valence-corrected chi connectivity index (χ3v) is 2.93. The predicted octanol–water partition coefficient (Wildman–Crippen LogP) is 2.42. The minimum atomic E-state index is -0.275. The summed E-state index contributed by atoms with van der Waals surface area (Å²) >= 11 is 4.94. The molecular weight excluding hydrogens is 263 g/mol. The molecule has 19 heavy (non-hydrogen) atoms. The van der Waals surface area contributed by atoms with Crippen molar-refractivity contribution in [1.82, 2.24) is 10.2 Å². The zero-order valence-corrected chi connectivity index (χ0v) is 11.1. The molecule has 0 aliphatic carbocycles. The van der Waals surface area contributed by atoms with Gasteiger partial charge in [0, 0.05) is 5.56 Å². The molecule has 0 radical (unpaired) electrons. The molecule has 2 rings (SSSR count). The summed E-state index contributed by atoms with van der Waals surface area (Å²) in [4.78, 5) is 0.220. The highest BCUT2D eigenvalue weighted by atomic mass is 32.1. The summed E-state index contributed by atoms with van der Waals surface area (Å²) in [5.41, 5.74) is 6.74. The van der Waals surface area contributed by atoms with E-state index in [4.69, 9.17) is 18.0 Å². The molecule has 3 N–H and O–H groups in total. The minimum absolute atomic E-state index is 0.220. The monoisotopic (exact) mass is 276 g/mol. The van der Waals surface area contributed by atoms with Gasteiger partial charge in [0.25, 0.3) is 0 Å². The van der Waals surface area contributed by atoms with Crippen LogP contribution in [-0.2, 0) is 0 Å². The molecule has 1 heterocycles. The van der Waals surface area contributed by atoms with Crippen LogP contribution >= 0.6 is 12.2 Å². The SMILES string of the molecule is CC(Nc1nnccc1C(N)=S)c1ccccc1F. The second-order valence-electron chi connectivity index (χ2n) is 4.05. The number of rotatable bonds is 4. The van der Waals surface area contributed by atoms with Gasteiger partial charge in [-0.15, -0.1) is 5.10 Å². The van der Waals surface area contributed by atoms with E-state index in [0.717, 1.165) is 0 Å². The van der Waals surface area contributed by atoms with Gasteiger partial charge in [-0.05, 0) is 19.1 Å². The van der Waals surface area contributed by atoms with Gasteiger partial charge in [-0.1, -0.05) is 30.4 Å². The van der Waals surface area contributed by atoms with Crippen LogP contribution < -0.4 is 11.1 Å². The van der Waals surface area contributed by atoms with Gasteiger partial charge in [0.1, 0.15) is 10.8 Å². The summed E-state index contributed by atoms with van der Waals surface area (Å²) in [6.45, 7) is 1.83. The number of halogens is 1. The largest absolute Gasteiger partial charge is 0.389 e. The topological polar surface area (TPSA) is 63.8 Å². The van der Waals surface area contributed by atoms with Crippen molar-refractivity contribution in [3.05, 3.63) is 53.5 Å². The fourth-order valence-electron chi connectivity index (χ4n) is 1.75.